The standard InChI is InChI=1S/C20H21N3O3/c1-26-18-10-7-15(8-11-18)9-12-19(24)21-14-16-13-20(25)23(22-16)17-5-3-2-4-6-17/h2-8,10-11,13,22H,9,12,14H2,1H3,(H,21,24). The molecule has 0 saturated heterocycles. The van der Waals surface area contributed by atoms with E-state index in [1.54, 1.807) is 7.11 Å². The van der Waals surface area contributed by atoms with E-state index in [9.17, 15) is 9.59 Å². The van der Waals surface area contributed by atoms with Crippen molar-refractivity contribution in [2.24, 2.45) is 0 Å². The molecule has 0 bridgehead atoms. The Bertz CT molecular complexity index is 911. The number of benzene rings is 2. The molecule has 0 atom stereocenters. The Kier molecular flexibility index (Phi) is 5.53. The number of hydrogen-bond acceptors (Lipinski definition) is 3. The zero-order valence-corrected chi connectivity index (χ0v) is 14.6. The van der Waals surface area contributed by atoms with Crippen molar-refractivity contribution in [3.05, 3.63) is 82.3 Å². The normalized spacial score (nSPS) is 10.5. The van der Waals surface area contributed by atoms with Crippen LogP contribution in [0.1, 0.15) is 17.7 Å². The molecule has 1 heterocycles. The lowest BCUT2D eigenvalue weighted by atomic mass is 10.1. The third-order valence-electron chi connectivity index (χ3n) is 4.06. The molecule has 0 spiro atoms. The summed E-state index contributed by atoms with van der Waals surface area (Å²) >= 11 is 0. The minimum Gasteiger partial charge on any atom is -0.497 e. The maximum Gasteiger partial charge on any atom is 0.271 e. The number of aromatic nitrogens is 2. The molecule has 2 N–H and O–H groups in total. The predicted octanol–water partition coefficient (Wildman–Crippen LogP) is 2.42. The molecule has 3 rings (SSSR count). The number of amides is 1. The van der Waals surface area contributed by atoms with Gasteiger partial charge in [-0.1, -0.05) is 30.3 Å². The van der Waals surface area contributed by atoms with E-state index in [0.29, 0.717) is 18.5 Å². The van der Waals surface area contributed by atoms with Crippen LogP contribution in [0.4, 0.5) is 0 Å². The van der Waals surface area contributed by atoms with Crippen molar-refractivity contribution in [3.8, 4) is 11.4 Å². The molecule has 26 heavy (non-hydrogen) atoms. The van der Waals surface area contributed by atoms with Crippen molar-refractivity contribution < 1.29 is 9.53 Å². The summed E-state index contributed by atoms with van der Waals surface area (Å²) < 4.78 is 6.57. The zero-order valence-electron chi connectivity index (χ0n) is 14.6. The number of rotatable bonds is 7. The number of carbonyl (C=O) groups is 1. The van der Waals surface area contributed by atoms with Crippen molar-refractivity contribution in [2.45, 2.75) is 19.4 Å². The Hall–Kier alpha value is -3.28. The van der Waals surface area contributed by atoms with Crippen LogP contribution in [0.5, 0.6) is 5.75 Å². The minimum absolute atomic E-state index is 0.0610. The second kappa shape index (κ2) is 8.20. The summed E-state index contributed by atoms with van der Waals surface area (Å²) in [5.41, 5.74) is 2.34. The number of ether oxygens (including phenoxy) is 1. The van der Waals surface area contributed by atoms with E-state index in [4.69, 9.17) is 4.74 Å². The first-order valence-corrected chi connectivity index (χ1v) is 8.42. The highest BCUT2D eigenvalue weighted by Crippen LogP contribution is 2.12. The largest absolute Gasteiger partial charge is 0.497 e. The lowest BCUT2D eigenvalue weighted by molar-refractivity contribution is -0.121. The topological polar surface area (TPSA) is 76.1 Å². The van der Waals surface area contributed by atoms with Crippen LogP contribution in [0.3, 0.4) is 0 Å². The molecule has 0 saturated carbocycles. The van der Waals surface area contributed by atoms with Gasteiger partial charge in [-0.15, -0.1) is 0 Å². The van der Waals surface area contributed by atoms with Gasteiger partial charge >= 0.3 is 0 Å². The van der Waals surface area contributed by atoms with Crippen LogP contribution in [0.2, 0.25) is 0 Å². The van der Waals surface area contributed by atoms with E-state index < -0.39 is 0 Å². The van der Waals surface area contributed by atoms with Gasteiger partial charge in [-0.3, -0.25) is 14.7 Å². The fourth-order valence-corrected chi connectivity index (χ4v) is 2.64. The second-order valence-corrected chi connectivity index (χ2v) is 5.92. The number of nitrogens with zero attached hydrogens (tertiary/aromatic N) is 1. The summed E-state index contributed by atoms with van der Waals surface area (Å²) in [6.45, 7) is 0.288. The highest BCUT2D eigenvalue weighted by molar-refractivity contribution is 5.76. The van der Waals surface area contributed by atoms with Crippen molar-refractivity contribution in [3.63, 3.8) is 0 Å². The number of methoxy groups -OCH3 is 1. The molecule has 0 unspecified atom stereocenters. The zero-order chi connectivity index (χ0) is 18.4. The first kappa shape index (κ1) is 17.5. The van der Waals surface area contributed by atoms with Crippen LogP contribution in [0.25, 0.3) is 5.69 Å². The van der Waals surface area contributed by atoms with Crippen LogP contribution in [0, 0.1) is 0 Å². The summed E-state index contributed by atoms with van der Waals surface area (Å²) in [4.78, 5) is 24.1. The van der Waals surface area contributed by atoms with Crippen molar-refractivity contribution in [2.75, 3.05) is 7.11 Å². The monoisotopic (exact) mass is 351 g/mol. The average molecular weight is 351 g/mol. The van der Waals surface area contributed by atoms with Gasteiger partial charge in [0.25, 0.3) is 5.56 Å². The van der Waals surface area contributed by atoms with E-state index >= 15 is 0 Å². The molecule has 0 aliphatic carbocycles. The molecule has 2 aromatic carbocycles. The molecule has 6 heteroatoms. The molecule has 1 amide bonds. The number of hydrogen-bond donors (Lipinski definition) is 2. The molecule has 0 radical (unpaired) electrons. The number of aryl methyl sites for hydroxylation is 1. The summed E-state index contributed by atoms with van der Waals surface area (Å²) in [7, 11) is 1.62. The Labute approximate surface area is 151 Å². The van der Waals surface area contributed by atoms with Crippen LogP contribution < -0.4 is 15.6 Å². The molecule has 0 fully saturated rings. The van der Waals surface area contributed by atoms with E-state index in [1.165, 1.54) is 10.7 Å². The molecule has 0 aliphatic heterocycles. The Morgan fingerprint density at radius 3 is 2.54 bits per heavy atom. The van der Waals surface area contributed by atoms with Gasteiger partial charge in [-0.05, 0) is 36.2 Å². The maximum atomic E-state index is 12.1. The van der Waals surface area contributed by atoms with Gasteiger partial charge < -0.3 is 10.1 Å². The van der Waals surface area contributed by atoms with Crippen LogP contribution in [-0.4, -0.2) is 22.8 Å². The van der Waals surface area contributed by atoms with Gasteiger partial charge in [0, 0.05) is 12.5 Å². The molecule has 6 nitrogen and oxygen atoms in total. The van der Waals surface area contributed by atoms with Crippen molar-refractivity contribution >= 4 is 5.91 Å². The summed E-state index contributed by atoms with van der Waals surface area (Å²) in [6, 6.07) is 18.5. The number of carbonyl (C=O) groups excluding carboxylic acids is 1. The fraction of sp³-hybridized carbons (Fsp3) is 0.200. The molecule has 134 valence electrons. The first-order chi connectivity index (χ1) is 12.7. The molecule has 0 aliphatic rings. The number of H-pyrrole nitrogens is 1. The van der Waals surface area contributed by atoms with E-state index in [2.05, 4.69) is 10.4 Å². The van der Waals surface area contributed by atoms with Gasteiger partial charge in [0.2, 0.25) is 5.91 Å². The lowest BCUT2D eigenvalue weighted by Crippen LogP contribution is -2.23. The van der Waals surface area contributed by atoms with Gasteiger partial charge in [0.1, 0.15) is 5.75 Å². The SMILES string of the molecule is COc1ccc(CCC(=O)NCc2cc(=O)n(-c3ccccc3)[nH]2)cc1. The summed E-state index contributed by atoms with van der Waals surface area (Å²) in [5.74, 6) is 0.735. The quantitative estimate of drug-likeness (QED) is 0.686. The molecule has 1 aromatic heterocycles. The van der Waals surface area contributed by atoms with Crippen LogP contribution >= 0.6 is 0 Å². The number of para-hydroxylation sites is 1. The average Bonchev–Trinajstić information content (AvgIpc) is 3.06. The van der Waals surface area contributed by atoms with Crippen molar-refractivity contribution in [1.82, 2.24) is 15.1 Å². The maximum absolute atomic E-state index is 12.1. The third-order valence-corrected chi connectivity index (χ3v) is 4.06. The second-order valence-electron chi connectivity index (χ2n) is 5.92. The van der Waals surface area contributed by atoms with E-state index in [-0.39, 0.29) is 18.0 Å². The first-order valence-electron chi connectivity index (χ1n) is 8.42. The fourth-order valence-electron chi connectivity index (χ4n) is 2.64. The highest BCUT2D eigenvalue weighted by atomic mass is 16.5. The summed E-state index contributed by atoms with van der Waals surface area (Å²) in [6.07, 6.45) is 1.04. The minimum atomic E-state index is -0.154. The predicted molar refractivity (Wildman–Crippen MR) is 99.6 cm³/mol. The van der Waals surface area contributed by atoms with Gasteiger partial charge in [0.05, 0.1) is 25.0 Å². The van der Waals surface area contributed by atoms with E-state index in [1.807, 2.05) is 54.6 Å². The van der Waals surface area contributed by atoms with Crippen LogP contribution in [0.15, 0.2) is 65.5 Å². The van der Waals surface area contributed by atoms with Gasteiger partial charge in [-0.2, -0.15) is 0 Å². The lowest BCUT2D eigenvalue weighted by Gasteiger charge is -2.05. The third kappa shape index (κ3) is 4.42. The van der Waals surface area contributed by atoms with Crippen molar-refractivity contribution in [1.29, 1.82) is 0 Å². The van der Waals surface area contributed by atoms with Crippen LogP contribution in [-0.2, 0) is 17.8 Å². The molecular formula is C20H21N3O3. The molecule has 3 aromatic rings. The molecular weight excluding hydrogens is 330 g/mol. The van der Waals surface area contributed by atoms with Gasteiger partial charge in [0.15, 0.2) is 0 Å². The smallest absolute Gasteiger partial charge is 0.271 e. The number of aromatic amines is 1. The number of nitrogens with one attached hydrogen (secondary N) is 2. The summed E-state index contributed by atoms with van der Waals surface area (Å²) in [5, 5.41) is 5.85. The van der Waals surface area contributed by atoms with Gasteiger partial charge in [-0.25, -0.2) is 4.68 Å². The highest BCUT2D eigenvalue weighted by Gasteiger charge is 2.07. The van der Waals surface area contributed by atoms with E-state index in [0.717, 1.165) is 17.0 Å². The Morgan fingerprint density at radius 1 is 1.12 bits per heavy atom. The Balaban J connectivity index is 1.52. The Morgan fingerprint density at radius 2 is 1.85 bits per heavy atom.